The second-order valence-electron chi connectivity index (χ2n) is 5.29. The maximum Gasteiger partial charge on any atom is 0.0267 e. The van der Waals surface area contributed by atoms with E-state index in [9.17, 15) is 0 Å². The van der Waals surface area contributed by atoms with Crippen LogP contribution in [0.3, 0.4) is 0 Å². The molecule has 0 aromatic heterocycles. The lowest BCUT2D eigenvalue weighted by Gasteiger charge is -2.07. The molecule has 0 rings (SSSR count). The summed E-state index contributed by atoms with van der Waals surface area (Å²) in [5, 5.41) is 3.29. The fourth-order valence-electron chi connectivity index (χ4n) is 1.61. The third kappa shape index (κ3) is 13.1. The smallest absolute Gasteiger partial charge is 0.0267 e. The van der Waals surface area contributed by atoms with Crippen LogP contribution in [-0.4, -0.2) is 6.54 Å². The average Bonchev–Trinajstić information content (AvgIpc) is 2.34. The van der Waals surface area contributed by atoms with Crippen molar-refractivity contribution in [3.63, 3.8) is 0 Å². The molecule has 0 aliphatic heterocycles. The van der Waals surface area contributed by atoms with E-state index in [4.69, 9.17) is 0 Å². The van der Waals surface area contributed by atoms with E-state index in [1.54, 1.807) is 0 Å². The number of unbranched alkanes of at least 4 members (excludes halogenated alkanes) is 5. The highest BCUT2D eigenvalue weighted by molar-refractivity contribution is 5.17. The molecule has 0 aliphatic rings. The maximum absolute atomic E-state index is 3.96. The molecule has 1 nitrogen and oxygen atoms in total. The Morgan fingerprint density at radius 1 is 1.11 bits per heavy atom. The van der Waals surface area contributed by atoms with Gasteiger partial charge in [-0.2, -0.15) is 0 Å². The van der Waals surface area contributed by atoms with E-state index >= 15 is 0 Å². The van der Waals surface area contributed by atoms with E-state index in [-0.39, 0.29) is 0 Å². The van der Waals surface area contributed by atoms with Crippen LogP contribution >= 0.6 is 0 Å². The summed E-state index contributed by atoms with van der Waals surface area (Å²) in [5.74, 6) is 0.661. The summed E-state index contributed by atoms with van der Waals surface area (Å²) in [7, 11) is 0. The van der Waals surface area contributed by atoms with E-state index < -0.39 is 0 Å². The maximum atomic E-state index is 3.96. The second-order valence-corrected chi connectivity index (χ2v) is 5.29. The van der Waals surface area contributed by atoms with Gasteiger partial charge in [-0.05, 0) is 24.8 Å². The Kier molecular flexibility index (Phi) is 11.8. The molecule has 0 spiro atoms. The van der Waals surface area contributed by atoms with E-state index in [0.717, 1.165) is 12.2 Å². The van der Waals surface area contributed by atoms with Crippen molar-refractivity contribution in [2.75, 3.05) is 6.54 Å². The monoisotopic (exact) mass is 249 g/mol. The Morgan fingerprint density at radius 3 is 2.50 bits per heavy atom. The van der Waals surface area contributed by atoms with Gasteiger partial charge in [0.15, 0.2) is 0 Å². The van der Waals surface area contributed by atoms with Crippen LogP contribution in [0.2, 0.25) is 0 Å². The molecule has 104 valence electrons. The van der Waals surface area contributed by atoms with Crippen LogP contribution in [0.4, 0.5) is 0 Å². The molecule has 1 heteroatoms. The normalized spacial score (nSPS) is 11.8. The van der Waals surface area contributed by atoms with Crippen molar-refractivity contribution < 1.29 is 0 Å². The lowest BCUT2D eigenvalue weighted by atomic mass is 10.1. The van der Waals surface area contributed by atoms with Crippen molar-refractivity contribution in [1.82, 2.24) is 5.32 Å². The van der Waals surface area contributed by atoms with Gasteiger partial charge in [0.05, 0.1) is 0 Å². The number of hydrogen-bond acceptors (Lipinski definition) is 1. The molecule has 0 amide bonds. The van der Waals surface area contributed by atoms with Gasteiger partial charge in [0.1, 0.15) is 0 Å². The molecule has 1 N–H and O–H groups in total. The minimum atomic E-state index is 0.661. The van der Waals surface area contributed by atoms with Crippen LogP contribution in [0.15, 0.2) is 36.6 Å². The number of nitrogens with one attached hydrogen (secondary N) is 1. The van der Waals surface area contributed by atoms with Crippen LogP contribution in [-0.2, 0) is 0 Å². The van der Waals surface area contributed by atoms with Crippen molar-refractivity contribution in [2.45, 2.75) is 59.3 Å². The third-order valence-electron chi connectivity index (χ3n) is 2.76. The van der Waals surface area contributed by atoms with Crippen molar-refractivity contribution in [2.24, 2.45) is 5.92 Å². The predicted octanol–water partition coefficient (Wildman–Crippen LogP) is 5.22. The molecule has 0 fully saturated rings. The Morgan fingerprint density at radius 2 is 1.83 bits per heavy atom. The Balaban J connectivity index is 3.47. The van der Waals surface area contributed by atoms with E-state index in [2.05, 4.69) is 50.9 Å². The number of rotatable bonds is 11. The molecule has 0 aromatic rings. The molecular weight excluding hydrogens is 218 g/mol. The first-order valence-electron chi connectivity index (χ1n) is 7.42. The van der Waals surface area contributed by atoms with Gasteiger partial charge in [0.2, 0.25) is 0 Å². The zero-order chi connectivity index (χ0) is 13.6. The van der Waals surface area contributed by atoms with Crippen molar-refractivity contribution >= 4 is 0 Å². The summed E-state index contributed by atoms with van der Waals surface area (Å²) in [6.45, 7) is 11.6. The minimum absolute atomic E-state index is 0.661. The van der Waals surface area contributed by atoms with Gasteiger partial charge in [-0.3, -0.25) is 0 Å². The second kappa shape index (κ2) is 12.5. The molecule has 0 unspecified atom stereocenters. The topological polar surface area (TPSA) is 12.0 Å². The highest BCUT2D eigenvalue weighted by Gasteiger charge is 1.91. The van der Waals surface area contributed by atoms with E-state index in [0.29, 0.717) is 5.92 Å². The molecule has 0 heterocycles. The lowest BCUT2D eigenvalue weighted by Crippen LogP contribution is -2.17. The first kappa shape index (κ1) is 17.0. The van der Waals surface area contributed by atoms with Crippen LogP contribution in [0.1, 0.15) is 59.3 Å². The fraction of sp³-hybridized carbons (Fsp3) is 0.647. The largest absolute Gasteiger partial charge is 0.385 e. The summed E-state index contributed by atoms with van der Waals surface area (Å²) in [6, 6.07) is 0. The Labute approximate surface area is 114 Å². The quantitative estimate of drug-likeness (QED) is 0.391. The van der Waals surface area contributed by atoms with Crippen LogP contribution in [0.5, 0.6) is 0 Å². The molecule has 0 saturated carbocycles. The molecule has 0 aromatic carbocycles. The summed E-state index contributed by atoms with van der Waals surface area (Å²) in [5.41, 5.74) is 0.997. The summed E-state index contributed by atoms with van der Waals surface area (Å²) < 4.78 is 0. The average molecular weight is 249 g/mol. The number of hydrogen-bond donors (Lipinski definition) is 1. The highest BCUT2D eigenvalue weighted by atomic mass is 14.9. The SMILES string of the molecule is C=C(/C=C/C=C/CCCCCCC)NCC(C)C. The molecular formula is C17H31N. The number of allylic oxidation sites excluding steroid dienone is 4. The highest BCUT2D eigenvalue weighted by Crippen LogP contribution is 2.05. The van der Waals surface area contributed by atoms with Gasteiger partial charge in [-0.15, -0.1) is 0 Å². The van der Waals surface area contributed by atoms with E-state index in [1.165, 1.54) is 38.5 Å². The summed E-state index contributed by atoms with van der Waals surface area (Å²) >= 11 is 0. The third-order valence-corrected chi connectivity index (χ3v) is 2.76. The lowest BCUT2D eigenvalue weighted by molar-refractivity contribution is 0.602. The zero-order valence-electron chi connectivity index (χ0n) is 12.5. The van der Waals surface area contributed by atoms with E-state index in [1.807, 2.05) is 6.08 Å². The predicted molar refractivity (Wildman–Crippen MR) is 83.6 cm³/mol. The first-order valence-corrected chi connectivity index (χ1v) is 7.42. The standard InChI is InChI=1S/C17H31N/c1-5-6-7-8-9-10-11-12-13-14-17(4)18-15-16(2)3/h11-14,16,18H,4-10,15H2,1-3H3/b12-11+,14-13+. The summed E-state index contributed by atoms with van der Waals surface area (Å²) in [6.07, 6.45) is 16.4. The van der Waals surface area contributed by atoms with Crippen molar-refractivity contribution in [3.8, 4) is 0 Å². The Hall–Kier alpha value is -0.980. The van der Waals surface area contributed by atoms with Gasteiger partial charge in [0, 0.05) is 12.2 Å². The zero-order valence-corrected chi connectivity index (χ0v) is 12.5. The van der Waals surface area contributed by atoms with Crippen LogP contribution in [0, 0.1) is 5.92 Å². The molecule has 0 atom stereocenters. The van der Waals surface area contributed by atoms with Gasteiger partial charge < -0.3 is 5.32 Å². The van der Waals surface area contributed by atoms with Gasteiger partial charge in [-0.25, -0.2) is 0 Å². The van der Waals surface area contributed by atoms with Crippen molar-refractivity contribution in [3.05, 3.63) is 36.6 Å². The first-order chi connectivity index (χ1) is 8.66. The molecule has 0 radical (unpaired) electrons. The molecule has 0 bridgehead atoms. The van der Waals surface area contributed by atoms with Crippen molar-refractivity contribution in [1.29, 1.82) is 0 Å². The molecule has 0 aliphatic carbocycles. The Bertz CT molecular complexity index is 248. The minimum Gasteiger partial charge on any atom is -0.385 e. The van der Waals surface area contributed by atoms with Crippen LogP contribution in [0.25, 0.3) is 0 Å². The fourth-order valence-corrected chi connectivity index (χ4v) is 1.61. The van der Waals surface area contributed by atoms with Crippen LogP contribution < -0.4 is 5.32 Å². The molecule has 18 heavy (non-hydrogen) atoms. The molecule has 0 saturated heterocycles. The summed E-state index contributed by atoms with van der Waals surface area (Å²) in [4.78, 5) is 0. The van der Waals surface area contributed by atoms with Gasteiger partial charge in [-0.1, -0.05) is 71.3 Å². The van der Waals surface area contributed by atoms with Gasteiger partial charge in [0.25, 0.3) is 0 Å². The van der Waals surface area contributed by atoms with Gasteiger partial charge >= 0.3 is 0 Å².